The lowest BCUT2D eigenvalue weighted by Gasteiger charge is -2.16. The van der Waals surface area contributed by atoms with Crippen LogP contribution in [0.15, 0.2) is 41.0 Å². The maximum Gasteiger partial charge on any atom is 0.125 e. The molecule has 2 aromatic rings. The number of aryl methyl sites for hydroxylation is 1. The normalized spacial score (nSPS) is 12.7. The first-order chi connectivity index (χ1) is 7.74. The summed E-state index contributed by atoms with van der Waals surface area (Å²) in [6, 6.07) is 10.4. The number of benzene rings is 1. The summed E-state index contributed by atoms with van der Waals surface area (Å²) < 4.78 is 6.76. The van der Waals surface area contributed by atoms with Crippen LogP contribution >= 0.6 is 22.6 Å². The molecular formula is C13H14INO. The van der Waals surface area contributed by atoms with Crippen LogP contribution < -0.4 is 5.32 Å². The van der Waals surface area contributed by atoms with Gasteiger partial charge in [0, 0.05) is 3.57 Å². The van der Waals surface area contributed by atoms with Gasteiger partial charge in [0.25, 0.3) is 0 Å². The molecule has 1 atom stereocenters. The highest BCUT2D eigenvalue weighted by Gasteiger charge is 2.17. The molecule has 0 amide bonds. The molecule has 1 unspecified atom stereocenters. The van der Waals surface area contributed by atoms with Crippen LogP contribution in [0.1, 0.15) is 22.9 Å². The average Bonchev–Trinajstić information content (AvgIpc) is 2.79. The molecule has 0 radical (unpaired) electrons. The third kappa shape index (κ3) is 2.15. The summed E-state index contributed by atoms with van der Waals surface area (Å²) in [5.74, 6) is 0.950. The highest BCUT2D eigenvalue weighted by atomic mass is 127. The van der Waals surface area contributed by atoms with Crippen molar-refractivity contribution in [1.82, 2.24) is 5.32 Å². The SMILES string of the molecule is CNC(c1ccco1)c1cccc(C)c1I. The van der Waals surface area contributed by atoms with Crippen LogP contribution in [-0.2, 0) is 0 Å². The van der Waals surface area contributed by atoms with E-state index in [4.69, 9.17) is 4.42 Å². The van der Waals surface area contributed by atoms with Gasteiger partial charge in [-0.3, -0.25) is 0 Å². The van der Waals surface area contributed by atoms with Crippen LogP contribution in [0.5, 0.6) is 0 Å². The second kappa shape index (κ2) is 5.01. The predicted octanol–water partition coefficient (Wildman–Crippen LogP) is 3.50. The van der Waals surface area contributed by atoms with E-state index in [1.54, 1.807) is 6.26 Å². The van der Waals surface area contributed by atoms with Gasteiger partial charge in [0.1, 0.15) is 5.76 Å². The van der Waals surface area contributed by atoms with Gasteiger partial charge < -0.3 is 9.73 Å². The molecule has 0 aliphatic heterocycles. The lowest BCUT2D eigenvalue weighted by Crippen LogP contribution is -2.18. The number of furan rings is 1. The van der Waals surface area contributed by atoms with E-state index < -0.39 is 0 Å². The molecule has 0 fully saturated rings. The summed E-state index contributed by atoms with van der Waals surface area (Å²) in [6.07, 6.45) is 1.71. The van der Waals surface area contributed by atoms with Crippen molar-refractivity contribution in [3.05, 3.63) is 57.1 Å². The zero-order valence-corrected chi connectivity index (χ0v) is 11.5. The van der Waals surface area contributed by atoms with Crippen molar-refractivity contribution in [2.24, 2.45) is 0 Å². The topological polar surface area (TPSA) is 25.2 Å². The van der Waals surface area contributed by atoms with Crippen LogP contribution in [0.3, 0.4) is 0 Å². The number of rotatable bonds is 3. The molecule has 1 heterocycles. The van der Waals surface area contributed by atoms with E-state index in [1.165, 1.54) is 14.7 Å². The van der Waals surface area contributed by atoms with Gasteiger partial charge in [-0.25, -0.2) is 0 Å². The Morgan fingerprint density at radius 1 is 1.25 bits per heavy atom. The molecular weight excluding hydrogens is 313 g/mol. The Kier molecular flexibility index (Phi) is 3.66. The Morgan fingerprint density at radius 3 is 2.69 bits per heavy atom. The van der Waals surface area contributed by atoms with Crippen LogP contribution in [0.4, 0.5) is 0 Å². The fraction of sp³-hybridized carbons (Fsp3) is 0.231. The van der Waals surface area contributed by atoms with Gasteiger partial charge >= 0.3 is 0 Å². The third-order valence-corrected chi connectivity index (χ3v) is 4.12. The quantitative estimate of drug-likeness (QED) is 0.873. The lowest BCUT2D eigenvalue weighted by molar-refractivity contribution is 0.462. The van der Waals surface area contributed by atoms with E-state index in [1.807, 2.05) is 19.2 Å². The Labute approximate surface area is 109 Å². The number of halogens is 1. The summed E-state index contributed by atoms with van der Waals surface area (Å²) in [4.78, 5) is 0. The van der Waals surface area contributed by atoms with E-state index in [0.29, 0.717) is 0 Å². The fourth-order valence-corrected chi connectivity index (χ4v) is 2.47. The van der Waals surface area contributed by atoms with Crippen LogP contribution in [-0.4, -0.2) is 7.05 Å². The third-order valence-electron chi connectivity index (χ3n) is 2.65. The van der Waals surface area contributed by atoms with E-state index in [9.17, 15) is 0 Å². The first-order valence-electron chi connectivity index (χ1n) is 5.19. The van der Waals surface area contributed by atoms with Crippen molar-refractivity contribution in [3.63, 3.8) is 0 Å². The van der Waals surface area contributed by atoms with Gasteiger partial charge in [0.05, 0.1) is 12.3 Å². The maximum absolute atomic E-state index is 5.47. The van der Waals surface area contributed by atoms with Crippen molar-refractivity contribution in [2.75, 3.05) is 7.05 Å². The molecule has 0 aliphatic carbocycles. The Hall–Kier alpha value is -0.810. The molecule has 0 bridgehead atoms. The summed E-state index contributed by atoms with van der Waals surface area (Å²) in [6.45, 7) is 2.13. The molecule has 0 saturated heterocycles. The molecule has 0 saturated carbocycles. The Balaban J connectivity index is 2.45. The molecule has 1 N–H and O–H groups in total. The van der Waals surface area contributed by atoms with Crippen LogP contribution in [0.25, 0.3) is 0 Å². The van der Waals surface area contributed by atoms with Crippen molar-refractivity contribution in [3.8, 4) is 0 Å². The number of hydrogen-bond acceptors (Lipinski definition) is 2. The molecule has 1 aromatic carbocycles. The van der Waals surface area contributed by atoms with Gasteiger partial charge in [0.15, 0.2) is 0 Å². The molecule has 16 heavy (non-hydrogen) atoms. The monoisotopic (exact) mass is 327 g/mol. The highest BCUT2D eigenvalue weighted by molar-refractivity contribution is 14.1. The van der Waals surface area contributed by atoms with Crippen LogP contribution in [0, 0.1) is 10.5 Å². The lowest BCUT2D eigenvalue weighted by atomic mass is 10.0. The van der Waals surface area contributed by atoms with E-state index in [-0.39, 0.29) is 6.04 Å². The molecule has 0 aliphatic rings. The Morgan fingerprint density at radius 2 is 2.06 bits per heavy atom. The van der Waals surface area contributed by atoms with Gasteiger partial charge in [0.2, 0.25) is 0 Å². The molecule has 1 aromatic heterocycles. The minimum absolute atomic E-state index is 0.127. The molecule has 2 nitrogen and oxygen atoms in total. The van der Waals surface area contributed by atoms with Gasteiger partial charge in [-0.05, 0) is 59.8 Å². The van der Waals surface area contributed by atoms with Crippen molar-refractivity contribution in [2.45, 2.75) is 13.0 Å². The summed E-state index contributed by atoms with van der Waals surface area (Å²) in [5.41, 5.74) is 2.56. The number of nitrogens with one attached hydrogen (secondary N) is 1. The first-order valence-corrected chi connectivity index (χ1v) is 6.27. The summed E-state index contributed by atoms with van der Waals surface area (Å²) in [7, 11) is 1.95. The number of hydrogen-bond donors (Lipinski definition) is 1. The van der Waals surface area contributed by atoms with Crippen molar-refractivity contribution >= 4 is 22.6 Å². The van der Waals surface area contributed by atoms with E-state index >= 15 is 0 Å². The zero-order valence-electron chi connectivity index (χ0n) is 9.33. The fourth-order valence-electron chi connectivity index (χ4n) is 1.80. The second-order valence-electron chi connectivity index (χ2n) is 3.72. The largest absolute Gasteiger partial charge is 0.467 e. The van der Waals surface area contributed by atoms with Crippen molar-refractivity contribution < 1.29 is 4.42 Å². The smallest absolute Gasteiger partial charge is 0.125 e. The average molecular weight is 327 g/mol. The maximum atomic E-state index is 5.47. The van der Waals surface area contributed by atoms with Gasteiger partial charge in [-0.1, -0.05) is 18.2 Å². The molecule has 84 valence electrons. The summed E-state index contributed by atoms with van der Waals surface area (Å²) >= 11 is 2.39. The highest BCUT2D eigenvalue weighted by Crippen LogP contribution is 2.27. The minimum atomic E-state index is 0.127. The zero-order chi connectivity index (χ0) is 11.5. The predicted molar refractivity (Wildman–Crippen MR) is 73.5 cm³/mol. The van der Waals surface area contributed by atoms with Gasteiger partial charge in [-0.15, -0.1) is 0 Å². The molecule has 0 spiro atoms. The van der Waals surface area contributed by atoms with Crippen molar-refractivity contribution in [1.29, 1.82) is 0 Å². The minimum Gasteiger partial charge on any atom is -0.467 e. The molecule has 2 rings (SSSR count). The van der Waals surface area contributed by atoms with E-state index in [2.05, 4.69) is 53.0 Å². The van der Waals surface area contributed by atoms with Crippen LogP contribution in [0.2, 0.25) is 0 Å². The Bertz CT molecular complexity index is 465. The van der Waals surface area contributed by atoms with Gasteiger partial charge in [-0.2, -0.15) is 0 Å². The second-order valence-corrected chi connectivity index (χ2v) is 4.79. The standard InChI is InChI=1S/C13H14INO/c1-9-5-3-6-10(12(9)14)13(15-2)11-7-4-8-16-11/h3-8,13,15H,1-2H3. The van der Waals surface area contributed by atoms with E-state index in [0.717, 1.165) is 5.76 Å². The first kappa shape index (κ1) is 11.7. The summed E-state index contributed by atoms with van der Waals surface area (Å²) in [5, 5.41) is 3.29. The molecule has 3 heteroatoms.